The molecule has 1 aliphatic heterocycles. The number of carbonyl (C=O) groups is 2. The standard InChI is InChI=1S/C20H20O5/c1-3-13-8-7-11-16-19(13)20(14-9-5-6-10-15(14)24-16)25-18(22)12-17(21)23-4-2/h5-11,20H,3-4,12H2,1-2H3. The number of esters is 2. The molecule has 25 heavy (non-hydrogen) atoms. The molecular weight excluding hydrogens is 320 g/mol. The minimum absolute atomic E-state index is 0.231. The van der Waals surface area contributed by atoms with Gasteiger partial charge in [-0.15, -0.1) is 0 Å². The lowest BCUT2D eigenvalue weighted by Gasteiger charge is -2.29. The normalized spacial score (nSPS) is 14.7. The van der Waals surface area contributed by atoms with Crippen LogP contribution in [0.25, 0.3) is 0 Å². The number of hydrogen-bond donors (Lipinski definition) is 0. The van der Waals surface area contributed by atoms with Crippen LogP contribution in [0.2, 0.25) is 0 Å². The van der Waals surface area contributed by atoms with Crippen molar-refractivity contribution in [2.75, 3.05) is 6.61 Å². The molecule has 5 nitrogen and oxygen atoms in total. The van der Waals surface area contributed by atoms with Crippen molar-refractivity contribution in [1.82, 2.24) is 0 Å². The Balaban J connectivity index is 1.95. The van der Waals surface area contributed by atoms with Gasteiger partial charge in [-0.05, 0) is 31.0 Å². The summed E-state index contributed by atoms with van der Waals surface area (Å²) in [4.78, 5) is 23.8. The molecule has 0 N–H and O–H groups in total. The van der Waals surface area contributed by atoms with E-state index in [2.05, 4.69) is 0 Å². The fourth-order valence-electron chi connectivity index (χ4n) is 2.97. The van der Waals surface area contributed by atoms with Gasteiger partial charge in [0.25, 0.3) is 0 Å². The fraction of sp³-hybridized carbons (Fsp3) is 0.300. The van der Waals surface area contributed by atoms with Gasteiger partial charge >= 0.3 is 11.9 Å². The van der Waals surface area contributed by atoms with Crippen molar-refractivity contribution in [3.8, 4) is 11.5 Å². The molecule has 1 aliphatic rings. The third-order valence-electron chi connectivity index (χ3n) is 4.06. The maximum atomic E-state index is 12.3. The lowest BCUT2D eigenvalue weighted by atomic mass is 9.92. The van der Waals surface area contributed by atoms with E-state index in [9.17, 15) is 9.59 Å². The zero-order valence-corrected chi connectivity index (χ0v) is 14.3. The summed E-state index contributed by atoms with van der Waals surface area (Å²) >= 11 is 0. The van der Waals surface area contributed by atoms with E-state index < -0.39 is 24.5 Å². The van der Waals surface area contributed by atoms with Gasteiger partial charge < -0.3 is 14.2 Å². The molecule has 1 atom stereocenters. The Kier molecular flexibility index (Phi) is 5.03. The second-order valence-electron chi connectivity index (χ2n) is 5.67. The van der Waals surface area contributed by atoms with Gasteiger partial charge in [0.15, 0.2) is 6.10 Å². The van der Waals surface area contributed by atoms with Gasteiger partial charge in [-0.2, -0.15) is 0 Å². The number of aryl methyl sites for hydroxylation is 1. The van der Waals surface area contributed by atoms with Crippen LogP contribution >= 0.6 is 0 Å². The Hall–Kier alpha value is -2.82. The van der Waals surface area contributed by atoms with Crippen molar-refractivity contribution in [1.29, 1.82) is 0 Å². The number of hydrogen-bond acceptors (Lipinski definition) is 5. The van der Waals surface area contributed by atoms with Crippen LogP contribution in [0.1, 0.15) is 43.1 Å². The van der Waals surface area contributed by atoms with Crippen LogP contribution in [0, 0.1) is 0 Å². The molecule has 0 aliphatic carbocycles. The van der Waals surface area contributed by atoms with Gasteiger partial charge in [0.1, 0.15) is 17.9 Å². The molecule has 0 fully saturated rings. The highest BCUT2D eigenvalue weighted by molar-refractivity contribution is 5.91. The molecule has 0 aromatic heterocycles. The van der Waals surface area contributed by atoms with Gasteiger partial charge in [-0.1, -0.05) is 37.3 Å². The van der Waals surface area contributed by atoms with E-state index in [1.807, 2.05) is 49.4 Å². The molecule has 0 saturated carbocycles. The molecule has 0 spiro atoms. The molecule has 0 bridgehead atoms. The van der Waals surface area contributed by atoms with Crippen LogP contribution in [-0.2, 0) is 25.5 Å². The second kappa shape index (κ2) is 7.38. The van der Waals surface area contributed by atoms with Crippen LogP contribution in [0.5, 0.6) is 11.5 Å². The maximum absolute atomic E-state index is 12.3. The summed E-state index contributed by atoms with van der Waals surface area (Å²) in [5.41, 5.74) is 2.65. The van der Waals surface area contributed by atoms with Crippen molar-refractivity contribution in [2.24, 2.45) is 0 Å². The highest BCUT2D eigenvalue weighted by atomic mass is 16.6. The van der Waals surface area contributed by atoms with E-state index in [1.165, 1.54) is 0 Å². The van der Waals surface area contributed by atoms with Crippen LogP contribution in [0.4, 0.5) is 0 Å². The average molecular weight is 340 g/mol. The number of ether oxygens (including phenoxy) is 3. The Morgan fingerprint density at radius 3 is 2.52 bits per heavy atom. The van der Waals surface area contributed by atoms with Crippen molar-refractivity contribution in [2.45, 2.75) is 32.8 Å². The predicted molar refractivity (Wildman–Crippen MR) is 91.5 cm³/mol. The topological polar surface area (TPSA) is 61.8 Å². The average Bonchev–Trinajstić information content (AvgIpc) is 2.61. The molecule has 3 rings (SSSR count). The molecule has 130 valence electrons. The number of carbonyl (C=O) groups excluding carboxylic acids is 2. The summed E-state index contributed by atoms with van der Waals surface area (Å²) in [5.74, 6) is 0.123. The van der Waals surface area contributed by atoms with Gasteiger partial charge in [0.2, 0.25) is 0 Å². The van der Waals surface area contributed by atoms with Gasteiger partial charge in [0.05, 0.1) is 6.61 Å². The second-order valence-corrected chi connectivity index (χ2v) is 5.67. The Morgan fingerprint density at radius 1 is 1.00 bits per heavy atom. The number of benzene rings is 2. The smallest absolute Gasteiger partial charge is 0.318 e. The summed E-state index contributed by atoms with van der Waals surface area (Å²) in [5, 5.41) is 0. The van der Waals surface area contributed by atoms with Crippen LogP contribution in [-0.4, -0.2) is 18.5 Å². The molecule has 0 radical (unpaired) electrons. The first-order chi connectivity index (χ1) is 12.1. The maximum Gasteiger partial charge on any atom is 0.318 e. The minimum Gasteiger partial charge on any atom is -0.466 e. The summed E-state index contributed by atoms with van der Waals surface area (Å²) in [6.07, 6.45) is -0.226. The Bertz CT molecular complexity index is 796. The monoisotopic (exact) mass is 340 g/mol. The van der Waals surface area contributed by atoms with Crippen LogP contribution < -0.4 is 4.74 Å². The summed E-state index contributed by atoms with van der Waals surface area (Å²) in [6.45, 7) is 3.96. The van der Waals surface area contributed by atoms with Gasteiger partial charge in [-0.3, -0.25) is 9.59 Å². The van der Waals surface area contributed by atoms with Crippen molar-refractivity contribution in [3.63, 3.8) is 0 Å². The number of rotatable bonds is 5. The summed E-state index contributed by atoms with van der Waals surface area (Å²) in [6, 6.07) is 13.2. The quantitative estimate of drug-likeness (QED) is 0.609. The van der Waals surface area contributed by atoms with E-state index in [-0.39, 0.29) is 6.61 Å². The SMILES string of the molecule is CCOC(=O)CC(=O)OC1c2ccccc2Oc2cccc(CC)c21. The van der Waals surface area contributed by atoms with E-state index in [0.29, 0.717) is 11.5 Å². The van der Waals surface area contributed by atoms with Crippen molar-refractivity contribution >= 4 is 11.9 Å². The third-order valence-corrected chi connectivity index (χ3v) is 4.06. The third kappa shape index (κ3) is 3.50. The van der Waals surface area contributed by atoms with E-state index in [4.69, 9.17) is 14.2 Å². The zero-order valence-electron chi connectivity index (χ0n) is 14.3. The molecule has 2 aromatic carbocycles. The number of fused-ring (bicyclic) bond motifs is 2. The van der Waals surface area contributed by atoms with Crippen molar-refractivity contribution in [3.05, 3.63) is 59.2 Å². The highest BCUT2D eigenvalue weighted by Crippen LogP contribution is 2.46. The largest absolute Gasteiger partial charge is 0.466 e. The van der Waals surface area contributed by atoms with Gasteiger partial charge in [0, 0.05) is 11.1 Å². The lowest BCUT2D eigenvalue weighted by Crippen LogP contribution is -2.21. The van der Waals surface area contributed by atoms with E-state index in [1.54, 1.807) is 6.92 Å². The Morgan fingerprint density at radius 2 is 1.76 bits per heavy atom. The Labute approximate surface area is 146 Å². The van der Waals surface area contributed by atoms with Crippen molar-refractivity contribution < 1.29 is 23.8 Å². The molecule has 0 amide bonds. The predicted octanol–water partition coefficient (Wildman–Crippen LogP) is 3.94. The fourth-order valence-corrected chi connectivity index (χ4v) is 2.97. The van der Waals surface area contributed by atoms with Crippen LogP contribution in [0.15, 0.2) is 42.5 Å². The summed E-state index contributed by atoms with van der Waals surface area (Å²) < 4.78 is 16.5. The van der Waals surface area contributed by atoms with Gasteiger partial charge in [-0.25, -0.2) is 0 Å². The molecule has 1 heterocycles. The first kappa shape index (κ1) is 17.0. The molecule has 5 heteroatoms. The van der Waals surface area contributed by atoms with Crippen LogP contribution in [0.3, 0.4) is 0 Å². The number of para-hydroxylation sites is 1. The molecule has 2 aromatic rings. The molecule has 0 saturated heterocycles. The van der Waals surface area contributed by atoms with E-state index in [0.717, 1.165) is 23.1 Å². The van der Waals surface area contributed by atoms with E-state index >= 15 is 0 Å². The minimum atomic E-state index is -0.614. The lowest BCUT2D eigenvalue weighted by molar-refractivity contribution is -0.156. The first-order valence-electron chi connectivity index (χ1n) is 8.37. The first-order valence-corrected chi connectivity index (χ1v) is 8.37. The molecular formula is C20H20O5. The molecule has 1 unspecified atom stereocenters. The summed E-state index contributed by atoms with van der Waals surface area (Å²) in [7, 11) is 0. The highest BCUT2D eigenvalue weighted by Gasteiger charge is 2.32. The zero-order chi connectivity index (χ0) is 17.8.